The second-order valence-corrected chi connectivity index (χ2v) is 10.8. The molecule has 27 heavy (non-hydrogen) atoms. The third-order valence-electron chi connectivity index (χ3n) is 5.74. The molecule has 1 unspecified atom stereocenters. The predicted octanol–water partition coefficient (Wildman–Crippen LogP) is 5.29. The van der Waals surface area contributed by atoms with Crippen LogP contribution in [0, 0.1) is 0 Å². The van der Waals surface area contributed by atoms with Crippen LogP contribution < -0.4 is 0 Å². The minimum absolute atomic E-state index is 0.0997. The number of carbonyl (C=O) groups is 1. The molecule has 142 valence electrons. The van der Waals surface area contributed by atoms with Crippen molar-refractivity contribution >= 4 is 29.3 Å². The van der Waals surface area contributed by atoms with Crippen molar-refractivity contribution in [2.45, 2.75) is 29.8 Å². The van der Waals surface area contributed by atoms with Gasteiger partial charge in [0.1, 0.15) is 0 Å². The molecule has 0 radical (unpaired) electrons. The van der Waals surface area contributed by atoms with E-state index in [0.29, 0.717) is 10.00 Å². The number of thioether (sulfide) groups is 2. The Bertz CT molecular complexity index is 759. The Kier molecular flexibility index (Phi) is 5.96. The average molecular weight is 398 g/mol. The Labute approximate surface area is 171 Å². The number of hydrogen-bond donors (Lipinski definition) is 0. The fourth-order valence-electron chi connectivity index (χ4n) is 4.07. The van der Waals surface area contributed by atoms with Gasteiger partial charge in [-0.25, -0.2) is 0 Å². The van der Waals surface area contributed by atoms with Gasteiger partial charge in [-0.2, -0.15) is 0 Å². The molecule has 2 aromatic carbocycles. The Morgan fingerprint density at radius 3 is 2.19 bits per heavy atom. The van der Waals surface area contributed by atoms with Crippen molar-refractivity contribution in [3.63, 3.8) is 0 Å². The van der Waals surface area contributed by atoms with Crippen molar-refractivity contribution < 1.29 is 4.79 Å². The molecule has 0 N–H and O–H groups in total. The van der Waals surface area contributed by atoms with Crippen LogP contribution in [-0.2, 0) is 0 Å². The molecule has 0 aromatic heterocycles. The minimum Gasteiger partial charge on any atom is -0.303 e. The highest BCUT2D eigenvalue weighted by atomic mass is 32.2. The molecule has 4 heteroatoms. The Morgan fingerprint density at radius 2 is 1.56 bits per heavy atom. The Morgan fingerprint density at radius 1 is 0.963 bits per heavy atom. The van der Waals surface area contributed by atoms with Gasteiger partial charge < -0.3 is 4.90 Å². The molecule has 0 aliphatic carbocycles. The molecule has 4 rings (SSSR count). The first-order valence-electron chi connectivity index (χ1n) is 9.85. The number of piperidine rings is 1. The molecular formula is C23H27NOS2. The lowest BCUT2D eigenvalue weighted by atomic mass is 9.96. The second-order valence-electron chi connectivity index (χ2n) is 7.63. The van der Waals surface area contributed by atoms with Crippen LogP contribution in [0.25, 0.3) is 0 Å². The number of benzene rings is 2. The van der Waals surface area contributed by atoms with Gasteiger partial charge in [0, 0.05) is 42.3 Å². The first-order valence-corrected chi connectivity index (χ1v) is 11.8. The van der Waals surface area contributed by atoms with Crippen LogP contribution in [0.5, 0.6) is 0 Å². The van der Waals surface area contributed by atoms with E-state index in [1.807, 2.05) is 42.5 Å². The van der Waals surface area contributed by atoms with Crippen LogP contribution in [0.3, 0.4) is 0 Å². The SMILES string of the molecule is CC(CN1CCC2(CC1)SCCS2)c1ccc(C(=O)c2ccccc2)cc1. The highest BCUT2D eigenvalue weighted by Gasteiger charge is 2.38. The third-order valence-corrected chi connectivity index (χ3v) is 9.39. The van der Waals surface area contributed by atoms with E-state index >= 15 is 0 Å². The molecule has 2 aliphatic heterocycles. The second kappa shape index (κ2) is 8.42. The van der Waals surface area contributed by atoms with Crippen LogP contribution in [0.1, 0.15) is 47.2 Å². The lowest BCUT2D eigenvalue weighted by Crippen LogP contribution is -2.41. The van der Waals surface area contributed by atoms with Crippen LogP contribution in [0.4, 0.5) is 0 Å². The van der Waals surface area contributed by atoms with Gasteiger partial charge in [-0.05, 0) is 24.3 Å². The van der Waals surface area contributed by atoms with Crippen LogP contribution in [0.2, 0.25) is 0 Å². The summed E-state index contributed by atoms with van der Waals surface area (Å²) in [5.74, 6) is 3.25. The lowest BCUT2D eigenvalue weighted by molar-refractivity contribution is 0.103. The van der Waals surface area contributed by atoms with Crippen LogP contribution >= 0.6 is 23.5 Å². The first kappa shape index (κ1) is 19.1. The molecule has 2 aromatic rings. The topological polar surface area (TPSA) is 20.3 Å². The van der Waals surface area contributed by atoms with E-state index in [1.54, 1.807) is 0 Å². The molecule has 2 nitrogen and oxygen atoms in total. The van der Waals surface area contributed by atoms with Gasteiger partial charge in [-0.3, -0.25) is 4.79 Å². The van der Waals surface area contributed by atoms with Crippen molar-refractivity contribution in [1.29, 1.82) is 0 Å². The molecule has 2 fully saturated rings. The summed E-state index contributed by atoms with van der Waals surface area (Å²) in [4.78, 5) is 15.2. The fraction of sp³-hybridized carbons (Fsp3) is 0.435. The number of rotatable bonds is 5. The monoisotopic (exact) mass is 397 g/mol. The first-order chi connectivity index (χ1) is 13.2. The summed E-state index contributed by atoms with van der Waals surface area (Å²) >= 11 is 4.38. The summed E-state index contributed by atoms with van der Waals surface area (Å²) in [7, 11) is 0. The highest BCUT2D eigenvalue weighted by molar-refractivity contribution is 8.21. The molecule has 1 atom stereocenters. The Balaban J connectivity index is 1.34. The summed E-state index contributed by atoms with van der Waals surface area (Å²) in [6.45, 7) is 5.85. The van der Waals surface area contributed by atoms with E-state index in [-0.39, 0.29) is 5.78 Å². The minimum atomic E-state index is 0.0997. The van der Waals surface area contributed by atoms with Crippen LogP contribution in [0.15, 0.2) is 54.6 Å². The van der Waals surface area contributed by atoms with Gasteiger partial charge in [-0.1, -0.05) is 61.5 Å². The van der Waals surface area contributed by atoms with Gasteiger partial charge in [0.25, 0.3) is 0 Å². The summed E-state index contributed by atoms with van der Waals surface area (Å²) in [5, 5.41) is 0. The maximum absolute atomic E-state index is 12.6. The van der Waals surface area contributed by atoms with Crippen molar-refractivity contribution in [2.75, 3.05) is 31.1 Å². The van der Waals surface area contributed by atoms with Gasteiger partial charge in [0.15, 0.2) is 5.78 Å². The van der Waals surface area contributed by atoms with Crippen molar-refractivity contribution in [3.8, 4) is 0 Å². The molecule has 2 saturated heterocycles. The van der Waals surface area contributed by atoms with E-state index in [4.69, 9.17) is 0 Å². The van der Waals surface area contributed by atoms with E-state index in [1.165, 1.54) is 43.0 Å². The molecule has 2 heterocycles. The number of carbonyl (C=O) groups excluding carboxylic acids is 1. The number of likely N-dealkylation sites (tertiary alicyclic amines) is 1. The molecule has 1 spiro atoms. The normalized spacial score (nSPS) is 20.6. The van der Waals surface area contributed by atoms with E-state index in [2.05, 4.69) is 47.5 Å². The highest BCUT2D eigenvalue weighted by Crippen LogP contribution is 2.50. The summed E-state index contributed by atoms with van der Waals surface area (Å²) in [6.07, 6.45) is 2.64. The number of ketones is 1. The molecular weight excluding hydrogens is 370 g/mol. The van der Waals surface area contributed by atoms with E-state index < -0.39 is 0 Å². The molecule has 0 saturated carbocycles. The molecule has 0 amide bonds. The molecule has 0 bridgehead atoms. The lowest BCUT2D eigenvalue weighted by Gasteiger charge is -2.39. The van der Waals surface area contributed by atoms with Crippen molar-refractivity contribution in [3.05, 3.63) is 71.3 Å². The maximum atomic E-state index is 12.6. The Hall–Kier alpha value is -1.23. The van der Waals surface area contributed by atoms with Crippen LogP contribution in [-0.4, -0.2) is 45.9 Å². The standard InChI is InChI=1S/C23H27NOS2/c1-18(17-24-13-11-23(12-14-24)26-15-16-27-23)19-7-9-21(10-8-19)22(25)20-5-3-2-4-6-20/h2-10,18H,11-17H2,1H3. The summed E-state index contributed by atoms with van der Waals surface area (Å²) in [5.41, 5.74) is 2.85. The zero-order valence-corrected chi connectivity index (χ0v) is 17.5. The average Bonchev–Trinajstić information content (AvgIpc) is 3.18. The van der Waals surface area contributed by atoms with Gasteiger partial charge >= 0.3 is 0 Å². The van der Waals surface area contributed by atoms with Crippen molar-refractivity contribution in [2.24, 2.45) is 0 Å². The molecule has 2 aliphatic rings. The smallest absolute Gasteiger partial charge is 0.193 e. The fourth-order valence-corrected chi connectivity index (χ4v) is 7.26. The maximum Gasteiger partial charge on any atom is 0.193 e. The number of hydrogen-bond acceptors (Lipinski definition) is 4. The largest absolute Gasteiger partial charge is 0.303 e. The summed E-state index contributed by atoms with van der Waals surface area (Å²) < 4.78 is 0.527. The third kappa shape index (κ3) is 4.44. The predicted molar refractivity (Wildman–Crippen MR) is 118 cm³/mol. The zero-order chi connectivity index (χ0) is 18.7. The summed E-state index contributed by atoms with van der Waals surface area (Å²) in [6, 6.07) is 17.8. The van der Waals surface area contributed by atoms with Gasteiger partial charge in [0.2, 0.25) is 0 Å². The van der Waals surface area contributed by atoms with E-state index in [9.17, 15) is 4.79 Å². The quantitative estimate of drug-likeness (QED) is 0.638. The van der Waals surface area contributed by atoms with Gasteiger partial charge in [0.05, 0.1) is 4.08 Å². The van der Waals surface area contributed by atoms with Crippen molar-refractivity contribution in [1.82, 2.24) is 4.90 Å². The van der Waals surface area contributed by atoms with E-state index in [0.717, 1.165) is 17.7 Å². The number of nitrogens with zero attached hydrogens (tertiary/aromatic N) is 1. The van der Waals surface area contributed by atoms with Gasteiger partial charge in [-0.15, -0.1) is 23.5 Å². The zero-order valence-electron chi connectivity index (χ0n) is 15.9.